The maximum atomic E-state index is 11.6. The molecule has 1 aliphatic carbocycles. The van der Waals surface area contributed by atoms with Gasteiger partial charge < -0.3 is 5.32 Å². The van der Waals surface area contributed by atoms with Crippen molar-refractivity contribution in [2.45, 2.75) is 58.4 Å². The lowest BCUT2D eigenvalue weighted by Crippen LogP contribution is -2.39. The molecule has 0 unspecified atom stereocenters. The van der Waals surface area contributed by atoms with Gasteiger partial charge in [-0.1, -0.05) is 37.5 Å². The Morgan fingerprint density at radius 2 is 1.76 bits per heavy atom. The maximum Gasteiger partial charge on any atom is 0.244 e. The lowest BCUT2D eigenvalue weighted by molar-refractivity contribution is -0.117. The summed E-state index contributed by atoms with van der Waals surface area (Å²) in [7, 11) is 0. The van der Waals surface area contributed by atoms with Crippen LogP contribution in [0.15, 0.2) is 24.3 Å². The molecule has 0 heterocycles. The molecule has 0 bridgehead atoms. The van der Waals surface area contributed by atoms with E-state index in [1.807, 2.05) is 26.8 Å². The van der Waals surface area contributed by atoms with Crippen molar-refractivity contribution in [2.24, 2.45) is 5.92 Å². The fourth-order valence-electron chi connectivity index (χ4n) is 2.20. The molecule has 0 aromatic heterocycles. The van der Waals surface area contributed by atoms with Crippen LogP contribution in [0.4, 0.5) is 0 Å². The Morgan fingerprint density at radius 3 is 2.29 bits per heavy atom. The van der Waals surface area contributed by atoms with Crippen LogP contribution in [0.5, 0.6) is 0 Å². The van der Waals surface area contributed by atoms with Crippen molar-refractivity contribution < 1.29 is 4.79 Å². The quantitative estimate of drug-likeness (QED) is 0.588. The van der Waals surface area contributed by atoms with Gasteiger partial charge in [-0.3, -0.25) is 4.79 Å². The number of hydrogen-bond acceptors (Lipinski definition) is 1. The number of hydrogen-bond donors (Lipinski definition) is 1. The van der Waals surface area contributed by atoms with Crippen LogP contribution in [-0.2, 0) is 4.79 Å². The number of carbonyl (C=O) groups excluding carboxylic acids is 1. The van der Waals surface area contributed by atoms with Crippen LogP contribution in [0.25, 0.3) is 0 Å². The highest BCUT2D eigenvalue weighted by Crippen LogP contribution is 2.29. The van der Waals surface area contributed by atoms with Gasteiger partial charge in [-0.15, -0.1) is 0 Å². The molecule has 0 radical (unpaired) electrons. The van der Waals surface area contributed by atoms with Crippen molar-refractivity contribution in [3.05, 3.63) is 24.3 Å². The van der Waals surface area contributed by atoms with E-state index in [0.29, 0.717) is 5.92 Å². The summed E-state index contributed by atoms with van der Waals surface area (Å²) < 4.78 is 0. The summed E-state index contributed by atoms with van der Waals surface area (Å²) in [5, 5.41) is 2.91. The SMILES string of the molecule is C=C(/C=C/C(=O)NC(C)(C)C)C1CCCCC1. The summed E-state index contributed by atoms with van der Waals surface area (Å²) in [5.41, 5.74) is 0.932. The van der Waals surface area contributed by atoms with Gasteiger partial charge in [0.25, 0.3) is 0 Å². The number of carbonyl (C=O) groups is 1. The summed E-state index contributed by atoms with van der Waals surface area (Å²) >= 11 is 0. The third-order valence-corrected chi connectivity index (χ3v) is 3.08. The third-order valence-electron chi connectivity index (χ3n) is 3.08. The molecule has 1 aliphatic rings. The zero-order chi connectivity index (χ0) is 12.9. The summed E-state index contributed by atoms with van der Waals surface area (Å²) in [4.78, 5) is 11.6. The second kappa shape index (κ2) is 6.04. The Balaban J connectivity index is 2.41. The van der Waals surface area contributed by atoms with Gasteiger partial charge in [0.2, 0.25) is 5.91 Å². The lowest BCUT2D eigenvalue weighted by Gasteiger charge is -2.22. The van der Waals surface area contributed by atoms with E-state index in [1.165, 1.54) is 32.1 Å². The highest BCUT2D eigenvalue weighted by molar-refractivity contribution is 5.88. The fourth-order valence-corrected chi connectivity index (χ4v) is 2.20. The normalized spacial score (nSPS) is 18.3. The van der Waals surface area contributed by atoms with E-state index in [4.69, 9.17) is 0 Å². The summed E-state index contributed by atoms with van der Waals surface area (Å²) in [5.74, 6) is 0.553. The molecule has 2 nitrogen and oxygen atoms in total. The van der Waals surface area contributed by atoms with Crippen LogP contribution < -0.4 is 5.32 Å². The first-order chi connectivity index (χ1) is 7.88. The van der Waals surface area contributed by atoms with E-state index in [-0.39, 0.29) is 11.4 Å². The van der Waals surface area contributed by atoms with E-state index in [2.05, 4.69) is 11.9 Å². The molecule has 0 spiro atoms. The first-order valence-electron chi connectivity index (χ1n) is 6.57. The molecule has 1 rings (SSSR count). The van der Waals surface area contributed by atoms with Crippen molar-refractivity contribution >= 4 is 5.91 Å². The first kappa shape index (κ1) is 14.0. The summed E-state index contributed by atoms with van der Waals surface area (Å²) in [6.07, 6.45) is 9.89. The Kier molecular flexibility index (Phi) is 4.98. The van der Waals surface area contributed by atoms with E-state index in [9.17, 15) is 4.79 Å². The van der Waals surface area contributed by atoms with Gasteiger partial charge in [0.15, 0.2) is 0 Å². The van der Waals surface area contributed by atoms with E-state index >= 15 is 0 Å². The summed E-state index contributed by atoms with van der Waals surface area (Å²) in [6, 6.07) is 0. The molecule has 0 saturated heterocycles. The van der Waals surface area contributed by atoms with Crippen LogP contribution in [0, 0.1) is 5.92 Å². The van der Waals surface area contributed by atoms with Crippen LogP contribution >= 0.6 is 0 Å². The topological polar surface area (TPSA) is 29.1 Å². The Morgan fingerprint density at radius 1 is 1.18 bits per heavy atom. The zero-order valence-electron chi connectivity index (χ0n) is 11.4. The van der Waals surface area contributed by atoms with Gasteiger partial charge in [0, 0.05) is 11.6 Å². The molecule has 0 aliphatic heterocycles. The monoisotopic (exact) mass is 235 g/mol. The minimum atomic E-state index is -0.173. The predicted molar refractivity (Wildman–Crippen MR) is 72.8 cm³/mol. The highest BCUT2D eigenvalue weighted by atomic mass is 16.1. The minimum absolute atomic E-state index is 0.0329. The molecule has 1 fully saturated rings. The number of allylic oxidation sites excluding steroid dienone is 2. The highest BCUT2D eigenvalue weighted by Gasteiger charge is 2.15. The maximum absolute atomic E-state index is 11.6. The number of rotatable bonds is 3. The lowest BCUT2D eigenvalue weighted by atomic mass is 9.84. The first-order valence-corrected chi connectivity index (χ1v) is 6.57. The number of nitrogens with one attached hydrogen (secondary N) is 1. The molecule has 1 N–H and O–H groups in total. The molecule has 0 aromatic rings. The second-order valence-electron chi connectivity index (χ2n) is 5.98. The van der Waals surface area contributed by atoms with E-state index in [0.717, 1.165) is 5.57 Å². The minimum Gasteiger partial charge on any atom is -0.348 e. The molecule has 1 saturated carbocycles. The molecular formula is C15H25NO. The van der Waals surface area contributed by atoms with Crippen LogP contribution in [0.3, 0.4) is 0 Å². The molecule has 0 atom stereocenters. The van der Waals surface area contributed by atoms with Crippen molar-refractivity contribution in [2.75, 3.05) is 0 Å². The third kappa shape index (κ3) is 5.71. The van der Waals surface area contributed by atoms with E-state index < -0.39 is 0 Å². The standard InChI is InChI=1S/C15H25NO/c1-12(13-8-6-5-7-9-13)10-11-14(17)16-15(2,3)4/h10-11,13H,1,5-9H2,2-4H3,(H,16,17)/b11-10+. The van der Waals surface area contributed by atoms with Crippen LogP contribution in [0.1, 0.15) is 52.9 Å². The van der Waals surface area contributed by atoms with Gasteiger partial charge in [-0.05, 0) is 39.5 Å². The molecule has 1 amide bonds. The van der Waals surface area contributed by atoms with Gasteiger partial charge in [-0.25, -0.2) is 0 Å². The molecule has 0 aromatic carbocycles. The average molecular weight is 235 g/mol. The smallest absolute Gasteiger partial charge is 0.244 e. The zero-order valence-corrected chi connectivity index (χ0v) is 11.4. The van der Waals surface area contributed by atoms with E-state index in [1.54, 1.807) is 6.08 Å². The van der Waals surface area contributed by atoms with Crippen molar-refractivity contribution in [1.29, 1.82) is 0 Å². The Hall–Kier alpha value is -1.05. The van der Waals surface area contributed by atoms with Gasteiger partial charge in [0.1, 0.15) is 0 Å². The second-order valence-corrected chi connectivity index (χ2v) is 5.98. The Bertz CT molecular complexity index is 303. The largest absolute Gasteiger partial charge is 0.348 e. The summed E-state index contributed by atoms with van der Waals surface area (Å²) in [6.45, 7) is 10.0. The molecule has 2 heteroatoms. The number of amides is 1. The predicted octanol–water partition coefficient (Wildman–Crippen LogP) is 3.59. The van der Waals surface area contributed by atoms with Gasteiger partial charge >= 0.3 is 0 Å². The average Bonchev–Trinajstić information content (AvgIpc) is 2.25. The van der Waals surface area contributed by atoms with Gasteiger partial charge in [-0.2, -0.15) is 0 Å². The van der Waals surface area contributed by atoms with Crippen LogP contribution in [-0.4, -0.2) is 11.4 Å². The van der Waals surface area contributed by atoms with Gasteiger partial charge in [0.05, 0.1) is 0 Å². The molecule has 17 heavy (non-hydrogen) atoms. The van der Waals surface area contributed by atoms with Crippen molar-refractivity contribution in [1.82, 2.24) is 5.32 Å². The molecule has 96 valence electrons. The Labute approximate surface area is 105 Å². The fraction of sp³-hybridized carbons (Fsp3) is 0.667. The molecular weight excluding hydrogens is 210 g/mol. The van der Waals surface area contributed by atoms with Crippen LogP contribution in [0.2, 0.25) is 0 Å². The van der Waals surface area contributed by atoms with Crippen molar-refractivity contribution in [3.63, 3.8) is 0 Å². The van der Waals surface area contributed by atoms with Crippen molar-refractivity contribution in [3.8, 4) is 0 Å².